The van der Waals surface area contributed by atoms with Gasteiger partial charge in [0, 0.05) is 18.7 Å². The number of aryl methyl sites for hydroxylation is 1. The van der Waals surface area contributed by atoms with Crippen molar-refractivity contribution in [3.05, 3.63) is 64.2 Å². The summed E-state index contributed by atoms with van der Waals surface area (Å²) in [5.74, 6) is 0.853. The quantitative estimate of drug-likeness (QED) is 0.797. The number of nitrogens with zero attached hydrogens (tertiary/aromatic N) is 2. The molecule has 0 saturated heterocycles. The number of rotatable bonds is 4. The largest absolute Gasteiger partial charge is 0.384 e. The van der Waals surface area contributed by atoms with Gasteiger partial charge in [0.25, 0.3) is 5.56 Å². The highest BCUT2D eigenvalue weighted by Gasteiger charge is 2.15. The fourth-order valence-corrected chi connectivity index (χ4v) is 3.38. The van der Waals surface area contributed by atoms with Gasteiger partial charge in [0.2, 0.25) is 0 Å². The summed E-state index contributed by atoms with van der Waals surface area (Å²) in [5, 5.41) is 4.05. The highest BCUT2D eigenvalue weighted by atomic mass is 16.1. The Bertz CT molecular complexity index is 959. The van der Waals surface area contributed by atoms with E-state index in [2.05, 4.69) is 24.4 Å². The third kappa shape index (κ3) is 2.48. The third-order valence-electron chi connectivity index (χ3n) is 4.66. The molecule has 0 aliphatic carbocycles. The van der Waals surface area contributed by atoms with Crippen molar-refractivity contribution in [1.82, 2.24) is 9.55 Å². The van der Waals surface area contributed by atoms with Crippen LogP contribution >= 0.6 is 0 Å². The molecule has 1 aromatic heterocycles. The van der Waals surface area contributed by atoms with Gasteiger partial charge in [-0.15, -0.1) is 0 Å². The van der Waals surface area contributed by atoms with Gasteiger partial charge in [-0.2, -0.15) is 0 Å². The van der Waals surface area contributed by atoms with Gasteiger partial charge in [0.1, 0.15) is 5.82 Å². The average molecular weight is 319 g/mol. The summed E-state index contributed by atoms with van der Waals surface area (Å²) in [6, 6.07) is 13.8. The molecule has 122 valence electrons. The van der Waals surface area contributed by atoms with Crippen LogP contribution in [0.4, 0.5) is 5.69 Å². The Morgan fingerprint density at radius 3 is 2.96 bits per heavy atom. The maximum atomic E-state index is 13.1. The van der Waals surface area contributed by atoms with Gasteiger partial charge in [0.05, 0.1) is 16.6 Å². The smallest absolute Gasteiger partial charge is 0.265 e. The molecule has 4 nitrogen and oxygen atoms in total. The standard InChI is InChI=1S/C20H21N3O/c1-2-3-8-19-22-18-7-5-4-6-16(18)20(24)23(19)15-9-10-17-14(13-15)11-12-21-17/h4-7,9-10,13,21H,2-3,8,11-12H2,1H3. The third-order valence-corrected chi connectivity index (χ3v) is 4.66. The summed E-state index contributed by atoms with van der Waals surface area (Å²) in [4.78, 5) is 17.9. The molecule has 0 saturated carbocycles. The second-order valence-corrected chi connectivity index (χ2v) is 6.31. The van der Waals surface area contributed by atoms with E-state index in [1.807, 2.05) is 30.3 Å². The Kier molecular flexibility index (Phi) is 3.81. The minimum absolute atomic E-state index is 0.0256. The zero-order chi connectivity index (χ0) is 16.5. The lowest BCUT2D eigenvalue weighted by Gasteiger charge is -2.14. The van der Waals surface area contributed by atoms with Gasteiger partial charge in [-0.1, -0.05) is 25.5 Å². The first-order chi connectivity index (χ1) is 11.8. The predicted molar refractivity (Wildman–Crippen MR) is 98.1 cm³/mol. The van der Waals surface area contributed by atoms with Crippen LogP contribution in [0.5, 0.6) is 0 Å². The summed E-state index contributed by atoms with van der Waals surface area (Å²) < 4.78 is 1.80. The first kappa shape index (κ1) is 14.9. The van der Waals surface area contributed by atoms with Crippen molar-refractivity contribution in [2.24, 2.45) is 0 Å². The van der Waals surface area contributed by atoms with Crippen molar-refractivity contribution >= 4 is 16.6 Å². The summed E-state index contributed by atoms with van der Waals surface area (Å²) in [6.07, 6.45) is 3.92. The molecule has 0 atom stereocenters. The molecule has 0 radical (unpaired) electrons. The number of fused-ring (bicyclic) bond motifs is 2. The Hall–Kier alpha value is -2.62. The first-order valence-corrected chi connectivity index (χ1v) is 8.66. The Labute approximate surface area is 141 Å². The normalized spacial score (nSPS) is 13.0. The SMILES string of the molecule is CCCCc1nc2ccccc2c(=O)n1-c1ccc2c(c1)CCN2. The maximum Gasteiger partial charge on any atom is 0.265 e. The fourth-order valence-electron chi connectivity index (χ4n) is 3.38. The molecular weight excluding hydrogens is 298 g/mol. The summed E-state index contributed by atoms with van der Waals surface area (Å²) in [5.41, 5.74) is 4.18. The Morgan fingerprint density at radius 2 is 2.08 bits per heavy atom. The van der Waals surface area contributed by atoms with Crippen molar-refractivity contribution in [3.8, 4) is 5.69 Å². The average Bonchev–Trinajstić information content (AvgIpc) is 3.07. The molecule has 2 aromatic carbocycles. The molecule has 2 heterocycles. The van der Waals surface area contributed by atoms with Crippen LogP contribution in [0, 0.1) is 0 Å². The molecule has 4 rings (SSSR count). The minimum Gasteiger partial charge on any atom is -0.384 e. The van der Waals surface area contributed by atoms with E-state index in [9.17, 15) is 4.79 Å². The van der Waals surface area contributed by atoms with Crippen molar-refractivity contribution < 1.29 is 0 Å². The van der Waals surface area contributed by atoms with Crippen molar-refractivity contribution in [3.63, 3.8) is 0 Å². The van der Waals surface area contributed by atoms with Crippen LogP contribution in [0.2, 0.25) is 0 Å². The zero-order valence-electron chi connectivity index (χ0n) is 13.9. The number of para-hydroxylation sites is 1. The second kappa shape index (κ2) is 6.11. The second-order valence-electron chi connectivity index (χ2n) is 6.31. The van der Waals surface area contributed by atoms with Crippen LogP contribution in [0.15, 0.2) is 47.3 Å². The summed E-state index contributed by atoms with van der Waals surface area (Å²) >= 11 is 0. The number of anilines is 1. The van der Waals surface area contributed by atoms with Crippen LogP contribution in [-0.2, 0) is 12.8 Å². The van der Waals surface area contributed by atoms with E-state index in [-0.39, 0.29) is 5.56 Å². The minimum atomic E-state index is 0.0256. The lowest BCUT2D eigenvalue weighted by Crippen LogP contribution is -2.24. The molecule has 3 aromatic rings. The van der Waals surface area contributed by atoms with Crippen LogP contribution in [0.1, 0.15) is 31.2 Å². The van der Waals surface area contributed by atoms with E-state index in [0.717, 1.165) is 49.3 Å². The number of aromatic nitrogens is 2. The molecule has 0 amide bonds. The molecule has 1 N–H and O–H groups in total. The van der Waals surface area contributed by atoms with Crippen molar-refractivity contribution in [2.45, 2.75) is 32.6 Å². The number of hydrogen-bond acceptors (Lipinski definition) is 3. The molecule has 0 spiro atoms. The Balaban J connectivity index is 1.95. The molecule has 1 aliphatic rings. The molecule has 24 heavy (non-hydrogen) atoms. The number of hydrogen-bond donors (Lipinski definition) is 1. The van der Waals surface area contributed by atoms with E-state index < -0.39 is 0 Å². The molecule has 1 aliphatic heterocycles. The lowest BCUT2D eigenvalue weighted by atomic mass is 10.1. The van der Waals surface area contributed by atoms with Crippen LogP contribution in [0.25, 0.3) is 16.6 Å². The molecule has 0 fully saturated rings. The fraction of sp³-hybridized carbons (Fsp3) is 0.300. The molecule has 0 bridgehead atoms. The van der Waals surface area contributed by atoms with E-state index in [4.69, 9.17) is 4.98 Å². The van der Waals surface area contributed by atoms with Gasteiger partial charge in [-0.3, -0.25) is 9.36 Å². The maximum absolute atomic E-state index is 13.1. The molecule has 4 heteroatoms. The summed E-state index contributed by atoms with van der Waals surface area (Å²) in [6.45, 7) is 3.12. The monoisotopic (exact) mass is 319 g/mol. The van der Waals surface area contributed by atoms with Gasteiger partial charge in [-0.05, 0) is 48.7 Å². The highest BCUT2D eigenvalue weighted by Crippen LogP contribution is 2.25. The van der Waals surface area contributed by atoms with Gasteiger partial charge in [-0.25, -0.2) is 4.98 Å². The highest BCUT2D eigenvalue weighted by molar-refractivity contribution is 5.78. The van der Waals surface area contributed by atoms with E-state index in [0.29, 0.717) is 5.39 Å². The van der Waals surface area contributed by atoms with Crippen LogP contribution in [0.3, 0.4) is 0 Å². The lowest BCUT2D eigenvalue weighted by molar-refractivity contribution is 0.720. The first-order valence-electron chi connectivity index (χ1n) is 8.66. The number of unbranched alkanes of at least 4 members (excludes halogenated alkanes) is 1. The van der Waals surface area contributed by atoms with Gasteiger partial charge < -0.3 is 5.32 Å². The van der Waals surface area contributed by atoms with Crippen LogP contribution in [-0.4, -0.2) is 16.1 Å². The van der Waals surface area contributed by atoms with Gasteiger partial charge in [0.15, 0.2) is 0 Å². The van der Waals surface area contributed by atoms with E-state index in [1.165, 1.54) is 11.3 Å². The molecular formula is C20H21N3O. The topological polar surface area (TPSA) is 46.9 Å². The Morgan fingerprint density at radius 1 is 1.21 bits per heavy atom. The predicted octanol–water partition coefficient (Wildman–Crippen LogP) is 3.70. The van der Waals surface area contributed by atoms with Crippen molar-refractivity contribution in [2.75, 3.05) is 11.9 Å². The number of benzene rings is 2. The van der Waals surface area contributed by atoms with Gasteiger partial charge >= 0.3 is 0 Å². The van der Waals surface area contributed by atoms with Crippen LogP contribution < -0.4 is 10.9 Å². The summed E-state index contributed by atoms with van der Waals surface area (Å²) in [7, 11) is 0. The van der Waals surface area contributed by atoms with Crippen molar-refractivity contribution in [1.29, 1.82) is 0 Å². The zero-order valence-corrected chi connectivity index (χ0v) is 13.9. The van der Waals surface area contributed by atoms with E-state index in [1.54, 1.807) is 4.57 Å². The van der Waals surface area contributed by atoms with E-state index >= 15 is 0 Å². The molecule has 0 unspecified atom stereocenters. The number of nitrogens with one attached hydrogen (secondary N) is 1.